The molecule has 1 fully saturated rings. The summed E-state index contributed by atoms with van der Waals surface area (Å²) in [5.74, 6) is 0. The van der Waals surface area contributed by atoms with Crippen molar-refractivity contribution < 1.29 is 0 Å². The second-order valence-corrected chi connectivity index (χ2v) is 3.26. The maximum absolute atomic E-state index is 5.49. The molecule has 0 unspecified atom stereocenters. The molecule has 12 heavy (non-hydrogen) atoms. The van der Waals surface area contributed by atoms with Crippen LogP contribution in [0.2, 0.25) is 0 Å². The van der Waals surface area contributed by atoms with Gasteiger partial charge in [-0.05, 0) is 0 Å². The fraction of sp³-hybridized carbons (Fsp3) is 1.00. The van der Waals surface area contributed by atoms with E-state index in [-0.39, 0.29) is 0 Å². The van der Waals surface area contributed by atoms with Crippen LogP contribution in [-0.2, 0) is 0 Å². The summed E-state index contributed by atoms with van der Waals surface area (Å²) in [5, 5.41) is 0. The van der Waals surface area contributed by atoms with Gasteiger partial charge in [-0.1, -0.05) is 0 Å². The van der Waals surface area contributed by atoms with Crippen LogP contribution in [0.3, 0.4) is 0 Å². The lowest BCUT2D eigenvalue weighted by atomic mass is 10.4. The molecule has 4 N–H and O–H groups in total. The van der Waals surface area contributed by atoms with Crippen molar-refractivity contribution in [3.05, 3.63) is 0 Å². The quantitative estimate of drug-likeness (QED) is 0.460. The summed E-state index contributed by atoms with van der Waals surface area (Å²) >= 11 is 0. The Balaban J connectivity index is 2.03. The number of hydrogen-bond donors (Lipinski definition) is 2. The summed E-state index contributed by atoms with van der Waals surface area (Å²) in [7, 11) is 0. The van der Waals surface area contributed by atoms with Crippen LogP contribution >= 0.6 is 0 Å². The predicted molar refractivity (Wildman–Crippen MR) is 51.0 cm³/mol. The number of rotatable bonds is 7. The lowest BCUT2D eigenvalue weighted by Crippen LogP contribution is -2.37. The predicted octanol–water partition coefficient (Wildman–Crippen LogP) is -1.48. The zero-order valence-corrected chi connectivity index (χ0v) is 7.71. The van der Waals surface area contributed by atoms with Gasteiger partial charge in [-0.3, -0.25) is 9.80 Å². The fourth-order valence-electron chi connectivity index (χ4n) is 1.28. The molecule has 0 saturated carbocycles. The Morgan fingerprint density at radius 1 is 1.00 bits per heavy atom. The highest BCUT2D eigenvalue weighted by Gasteiger charge is 2.17. The molecule has 0 aliphatic carbocycles. The Bertz CT molecular complexity index is 108. The summed E-state index contributed by atoms with van der Waals surface area (Å²) in [4.78, 5) is 4.75. The maximum Gasteiger partial charge on any atom is 0.0110 e. The Morgan fingerprint density at radius 3 is 2.00 bits per heavy atom. The second-order valence-electron chi connectivity index (χ2n) is 3.26. The van der Waals surface area contributed by atoms with Crippen molar-refractivity contribution >= 4 is 0 Å². The highest BCUT2D eigenvalue weighted by molar-refractivity contribution is 4.74. The average Bonchev–Trinajstić information content (AvgIpc) is 2.84. The van der Waals surface area contributed by atoms with E-state index in [1.165, 1.54) is 19.6 Å². The van der Waals surface area contributed by atoms with Gasteiger partial charge in [0.25, 0.3) is 0 Å². The Kier molecular flexibility index (Phi) is 4.53. The van der Waals surface area contributed by atoms with Crippen LogP contribution in [0.4, 0.5) is 0 Å². The molecule has 72 valence electrons. The minimum absolute atomic E-state index is 0.736. The fourth-order valence-corrected chi connectivity index (χ4v) is 1.28. The smallest absolute Gasteiger partial charge is 0.0110 e. The lowest BCUT2D eigenvalue weighted by Gasteiger charge is -2.20. The van der Waals surface area contributed by atoms with Gasteiger partial charge in [0.2, 0.25) is 0 Å². The largest absolute Gasteiger partial charge is 0.329 e. The van der Waals surface area contributed by atoms with Crippen LogP contribution < -0.4 is 11.5 Å². The van der Waals surface area contributed by atoms with E-state index in [0.717, 1.165) is 32.7 Å². The van der Waals surface area contributed by atoms with E-state index in [1.54, 1.807) is 0 Å². The molecule has 0 radical (unpaired) electrons. The van der Waals surface area contributed by atoms with E-state index in [9.17, 15) is 0 Å². The van der Waals surface area contributed by atoms with E-state index < -0.39 is 0 Å². The number of nitrogens with two attached hydrogens (primary N) is 2. The van der Waals surface area contributed by atoms with Crippen molar-refractivity contribution in [1.82, 2.24) is 9.80 Å². The van der Waals surface area contributed by atoms with Crippen molar-refractivity contribution in [2.24, 2.45) is 11.5 Å². The van der Waals surface area contributed by atoms with Gasteiger partial charge >= 0.3 is 0 Å². The zero-order chi connectivity index (χ0) is 8.81. The molecule has 1 rings (SSSR count). The Hall–Kier alpha value is -0.160. The first-order chi connectivity index (χ1) is 5.86. The molecule has 4 nitrogen and oxygen atoms in total. The van der Waals surface area contributed by atoms with E-state index >= 15 is 0 Å². The Morgan fingerprint density at radius 2 is 1.58 bits per heavy atom. The minimum Gasteiger partial charge on any atom is -0.329 e. The summed E-state index contributed by atoms with van der Waals surface area (Å²) in [6.45, 7) is 8.28. The summed E-state index contributed by atoms with van der Waals surface area (Å²) in [6, 6.07) is 0. The van der Waals surface area contributed by atoms with E-state index in [0.29, 0.717) is 0 Å². The molecule has 0 aromatic carbocycles. The molecular formula is C8H20N4. The SMILES string of the molecule is NCCN(CCN)CCN1CC1. The van der Waals surface area contributed by atoms with Gasteiger partial charge in [-0.25, -0.2) is 0 Å². The summed E-state index contributed by atoms with van der Waals surface area (Å²) < 4.78 is 0. The molecular weight excluding hydrogens is 152 g/mol. The lowest BCUT2D eigenvalue weighted by molar-refractivity contribution is 0.273. The normalized spacial score (nSPS) is 17.2. The van der Waals surface area contributed by atoms with Gasteiger partial charge in [0.05, 0.1) is 0 Å². The van der Waals surface area contributed by atoms with Gasteiger partial charge in [-0.2, -0.15) is 0 Å². The van der Waals surface area contributed by atoms with Gasteiger partial charge in [0.15, 0.2) is 0 Å². The molecule has 4 heteroatoms. The van der Waals surface area contributed by atoms with E-state index in [4.69, 9.17) is 11.5 Å². The van der Waals surface area contributed by atoms with Crippen LogP contribution in [0.15, 0.2) is 0 Å². The minimum atomic E-state index is 0.736. The summed E-state index contributed by atoms with van der Waals surface area (Å²) in [6.07, 6.45) is 0. The third kappa shape index (κ3) is 4.01. The maximum atomic E-state index is 5.49. The van der Waals surface area contributed by atoms with Gasteiger partial charge < -0.3 is 11.5 Å². The topological polar surface area (TPSA) is 58.3 Å². The van der Waals surface area contributed by atoms with Crippen molar-refractivity contribution in [2.75, 3.05) is 52.4 Å². The third-order valence-corrected chi connectivity index (χ3v) is 2.16. The first-order valence-electron chi connectivity index (χ1n) is 4.71. The van der Waals surface area contributed by atoms with Crippen molar-refractivity contribution in [3.8, 4) is 0 Å². The van der Waals surface area contributed by atoms with Crippen molar-refractivity contribution in [1.29, 1.82) is 0 Å². The zero-order valence-electron chi connectivity index (χ0n) is 7.71. The molecule has 1 aliphatic heterocycles. The number of nitrogens with zero attached hydrogens (tertiary/aromatic N) is 2. The molecule has 1 aliphatic rings. The van der Waals surface area contributed by atoms with Crippen LogP contribution in [0, 0.1) is 0 Å². The number of hydrogen-bond acceptors (Lipinski definition) is 4. The molecule has 0 aromatic rings. The molecule has 0 amide bonds. The van der Waals surface area contributed by atoms with Crippen LogP contribution in [0.25, 0.3) is 0 Å². The Labute approximate surface area is 74.5 Å². The van der Waals surface area contributed by atoms with Crippen molar-refractivity contribution in [3.63, 3.8) is 0 Å². The first kappa shape index (κ1) is 9.92. The molecule has 1 saturated heterocycles. The monoisotopic (exact) mass is 172 g/mol. The molecule has 1 heterocycles. The molecule has 0 bridgehead atoms. The van der Waals surface area contributed by atoms with E-state index in [1.807, 2.05) is 0 Å². The van der Waals surface area contributed by atoms with Gasteiger partial charge in [-0.15, -0.1) is 0 Å². The van der Waals surface area contributed by atoms with E-state index in [2.05, 4.69) is 9.80 Å². The van der Waals surface area contributed by atoms with Crippen molar-refractivity contribution in [2.45, 2.75) is 0 Å². The summed E-state index contributed by atoms with van der Waals surface area (Å²) in [5.41, 5.74) is 11.0. The van der Waals surface area contributed by atoms with Gasteiger partial charge in [0.1, 0.15) is 0 Å². The molecule has 0 atom stereocenters. The highest BCUT2D eigenvalue weighted by Crippen LogP contribution is 2.02. The standard InChI is InChI=1S/C8H20N4/c9-1-3-11(4-2-10)5-6-12-7-8-12/h1-10H2. The first-order valence-corrected chi connectivity index (χ1v) is 4.71. The van der Waals surface area contributed by atoms with Crippen LogP contribution in [-0.4, -0.2) is 62.2 Å². The third-order valence-electron chi connectivity index (χ3n) is 2.16. The molecule has 0 spiro atoms. The van der Waals surface area contributed by atoms with Gasteiger partial charge in [0, 0.05) is 52.4 Å². The average molecular weight is 172 g/mol. The highest BCUT2D eigenvalue weighted by atomic mass is 15.3. The van der Waals surface area contributed by atoms with Crippen LogP contribution in [0.5, 0.6) is 0 Å². The second kappa shape index (κ2) is 5.48. The molecule has 0 aromatic heterocycles. The van der Waals surface area contributed by atoms with Crippen LogP contribution in [0.1, 0.15) is 0 Å².